The fraction of sp³-hybridized carbons (Fsp3) is 0.824. The molecule has 118 valence electrons. The maximum absolute atomic E-state index is 11.4. The summed E-state index contributed by atoms with van der Waals surface area (Å²) in [7, 11) is 0. The molecule has 2 heterocycles. The summed E-state index contributed by atoms with van der Waals surface area (Å²) in [6, 6.07) is 0. The molecule has 1 saturated heterocycles. The summed E-state index contributed by atoms with van der Waals surface area (Å²) >= 11 is 0. The lowest BCUT2D eigenvalue weighted by molar-refractivity contribution is -0.177. The second-order valence-electron chi connectivity index (χ2n) is 7.84. The van der Waals surface area contributed by atoms with Gasteiger partial charge in [-0.1, -0.05) is 6.92 Å². The quantitative estimate of drug-likeness (QED) is 0.734. The van der Waals surface area contributed by atoms with Crippen LogP contribution in [0.15, 0.2) is 12.3 Å². The molecule has 0 amide bonds. The minimum atomic E-state index is -0.475. The SMILES string of the molecule is CC(=O)OC(C)(C)[C@H]1CC[C@@]2(C)CO[C@]3(C)C=CO[C@]23C1. The van der Waals surface area contributed by atoms with E-state index in [0.29, 0.717) is 0 Å². The Morgan fingerprint density at radius 2 is 2.10 bits per heavy atom. The molecule has 0 aromatic heterocycles. The molecule has 4 heteroatoms. The monoisotopic (exact) mass is 294 g/mol. The normalized spacial score (nSPS) is 44.9. The molecule has 3 aliphatic rings. The Balaban J connectivity index is 1.90. The standard InChI is InChI=1S/C17H26O4/c1-12(18)21-14(2,3)13-6-7-15(4)11-20-16(5)8-9-19-17(15,16)10-13/h8-9,13H,6-7,10-11H2,1-5H3/t13-,15-,16+,17+/m0/s1. The largest absolute Gasteiger partial charge is 0.491 e. The van der Waals surface area contributed by atoms with Gasteiger partial charge in [0.25, 0.3) is 0 Å². The van der Waals surface area contributed by atoms with Crippen LogP contribution in [0.1, 0.15) is 53.9 Å². The Morgan fingerprint density at radius 1 is 1.38 bits per heavy atom. The molecule has 3 rings (SSSR count). The fourth-order valence-corrected chi connectivity index (χ4v) is 4.62. The first kappa shape index (κ1) is 14.9. The lowest BCUT2D eigenvalue weighted by Gasteiger charge is -2.52. The number of rotatable bonds is 2. The van der Waals surface area contributed by atoms with Crippen molar-refractivity contribution < 1.29 is 19.0 Å². The van der Waals surface area contributed by atoms with Crippen LogP contribution in [0.2, 0.25) is 0 Å². The van der Waals surface area contributed by atoms with Crippen LogP contribution in [0.25, 0.3) is 0 Å². The molecule has 0 aromatic rings. The second-order valence-corrected chi connectivity index (χ2v) is 7.84. The molecule has 0 bridgehead atoms. The van der Waals surface area contributed by atoms with E-state index in [4.69, 9.17) is 14.2 Å². The highest BCUT2D eigenvalue weighted by Gasteiger charge is 2.70. The van der Waals surface area contributed by atoms with Crippen LogP contribution in [0.3, 0.4) is 0 Å². The number of ether oxygens (including phenoxy) is 3. The molecule has 1 spiro atoms. The molecule has 0 N–H and O–H groups in total. The Hall–Kier alpha value is -1.03. The van der Waals surface area contributed by atoms with Gasteiger partial charge in [-0.15, -0.1) is 0 Å². The fourth-order valence-electron chi connectivity index (χ4n) is 4.62. The van der Waals surface area contributed by atoms with Crippen molar-refractivity contribution >= 4 is 5.97 Å². The third kappa shape index (κ3) is 1.88. The zero-order valence-electron chi connectivity index (χ0n) is 13.7. The van der Waals surface area contributed by atoms with E-state index in [1.165, 1.54) is 6.92 Å². The second kappa shape index (κ2) is 4.25. The molecule has 21 heavy (non-hydrogen) atoms. The van der Waals surface area contributed by atoms with Crippen molar-refractivity contribution in [3.05, 3.63) is 12.3 Å². The van der Waals surface area contributed by atoms with Gasteiger partial charge in [0.2, 0.25) is 0 Å². The van der Waals surface area contributed by atoms with Gasteiger partial charge >= 0.3 is 5.97 Å². The van der Waals surface area contributed by atoms with Gasteiger partial charge in [-0.3, -0.25) is 4.79 Å². The Bertz CT molecular complexity index is 497. The Labute approximate surface area is 126 Å². The predicted octanol–water partition coefficient (Wildman–Crippen LogP) is 3.21. The van der Waals surface area contributed by atoms with Crippen molar-refractivity contribution in [1.29, 1.82) is 0 Å². The molecular weight excluding hydrogens is 268 g/mol. The van der Waals surface area contributed by atoms with Crippen LogP contribution in [-0.4, -0.2) is 29.4 Å². The van der Waals surface area contributed by atoms with Crippen LogP contribution >= 0.6 is 0 Å². The topological polar surface area (TPSA) is 44.8 Å². The summed E-state index contributed by atoms with van der Waals surface area (Å²) in [6.45, 7) is 10.6. The Morgan fingerprint density at radius 3 is 2.76 bits per heavy atom. The van der Waals surface area contributed by atoms with Crippen LogP contribution in [-0.2, 0) is 19.0 Å². The van der Waals surface area contributed by atoms with E-state index in [2.05, 4.69) is 13.8 Å². The average Bonchev–Trinajstić information content (AvgIpc) is 2.78. The lowest BCUT2D eigenvalue weighted by atomic mass is 9.56. The number of esters is 1. The molecule has 1 aliphatic carbocycles. The van der Waals surface area contributed by atoms with E-state index in [1.54, 1.807) is 6.26 Å². The van der Waals surface area contributed by atoms with E-state index in [-0.39, 0.29) is 28.5 Å². The molecule has 0 radical (unpaired) electrons. The molecular formula is C17H26O4. The summed E-state index contributed by atoms with van der Waals surface area (Å²) in [5.74, 6) is 0.0529. The molecule has 4 nitrogen and oxygen atoms in total. The van der Waals surface area contributed by atoms with Crippen molar-refractivity contribution in [3.63, 3.8) is 0 Å². The molecule has 2 aliphatic heterocycles. The van der Waals surface area contributed by atoms with E-state index in [9.17, 15) is 4.79 Å². The number of hydrogen-bond donors (Lipinski definition) is 0. The van der Waals surface area contributed by atoms with Crippen molar-refractivity contribution in [2.75, 3.05) is 6.61 Å². The first-order chi connectivity index (χ1) is 9.64. The van der Waals surface area contributed by atoms with Crippen molar-refractivity contribution in [3.8, 4) is 0 Å². The van der Waals surface area contributed by atoms with Gasteiger partial charge in [0.05, 0.1) is 12.9 Å². The van der Waals surface area contributed by atoms with Crippen LogP contribution in [0.4, 0.5) is 0 Å². The maximum atomic E-state index is 11.4. The van der Waals surface area contributed by atoms with Crippen LogP contribution in [0.5, 0.6) is 0 Å². The number of carbonyl (C=O) groups is 1. The summed E-state index contributed by atoms with van der Waals surface area (Å²) in [4.78, 5) is 11.4. The summed E-state index contributed by atoms with van der Waals surface area (Å²) in [6.07, 6.45) is 6.74. The summed E-state index contributed by atoms with van der Waals surface area (Å²) < 4.78 is 17.9. The van der Waals surface area contributed by atoms with Gasteiger partial charge in [0.1, 0.15) is 16.8 Å². The number of hydrogen-bond acceptors (Lipinski definition) is 4. The Kier molecular flexibility index (Phi) is 3.01. The van der Waals surface area contributed by atoms with E-state index in [1.807, 2.05) is 19.9 Å². The zero-order valence-corrected chi connectivity index (χ0v) is 13.7. The molecule has 0 unspecified atom stereocenters. The maximum Gasteiger partial charge on any atom is 0.303 e. The van der Waals surface area contributed by atoms with E-state index < -0.39 is 5.60 Å². The predicted molar refractivity (Wildman–Crippen MR) is 78.6 cm³/mol. The average molecular weight is 294 g/mol. The van der Waals surface area contributed by atoms with Crippen molar-refractivity contribution in [2.45, 2.75) is 70.7 Å². The molecule has 0 aromatic carbocycles. The lowest BCUT2D eigenvalue weighted by Crippen LogP contribution is -2.60. The van der Waals surface area contributed by atoms with Gasteiger partial charge in [-0.25, -0.2) is 0 Å². The minimum Gasteiger partial charge on any atom is -0.491 e. The highest BCUT2D eigenvalue weighted by molar-refractivity contribution is 5.66. The van der Waals surface area contributed by atoms with Gasteiger partial charge in [-0.05, 0) is 46.1 Å². The summed E-state index contributed by atoms with van der Waals surface area (Å²) in [5.41, 5.74) is -1.15. The van der Waals surface area contributed by atoms with Crippen LogP contribution in [0, 0.1) is 11.3 Å². The van der Waals surface area contributed by atoms with Gasteiger partial charge < -0.3 is 14.2 Å². The van der Waals surface area contributed by atoms with Crippen LogP contribution < -0.4 is 0 Å². The zero-order chi connectivity index (χ0) is 15.5. The van der Waals surface area contributed by atoms with E-state index >= 15 is 0 Å². The number of carbonyl (C=O) groups excluding carboxylic acids is 1. The highest BCUT2D eigenvalue weighted by Crippen LogP contribution is 2.63. The highest BCUT2D eigenvalue weighted by atomic mass is 16.6. The molecule has 4 atom stereocenters. The van der Waals surface area contributed by atoms with Gasteiger partial charge in [0.15, 0.2) is 0 Å². The van der Waals surface area contributed by atoms with Crippen molar-refractivity contribution in [1.82, 2.24) is 0 Å². The van der Waals surface area contributed by atoms with E-state index in [0.717, 1.165) is 25.9 Å². The molecule has 2 fully saturated rings. The third-order valence-corrected chi connectivity index (χ3v) is 6.09. The smallest absolute Gasteiger partial charge is 0.303 e. The van der Waals surface area contributed by atoms with Crippen molar-refractivity contribution in [2.24, 2.45) is 11.3 Å². The third-order valence-electron chi connectivity index (χ3n) is 6.09. The minimum absolute atomic E-state index is 0.0219. The first-order valence-corrected chi connectivity index (χ1v) is 7.83. The first-order valence-electron chi connectivity index (χ1n) is 7.83. The summed E-state index contributed by atoms with van der Waals surface area (Å²) in [5, 5.41) is 0. The van der Waals surface area contributed by atoms with Gasteiger partial charge in [-0.2, -0.15) is 0 Å². The molecule has 1 saturated carbocycles. The van der Waals surface area contributed by atoms with Gasteiger partial charge in [0, 0.05) is 18.3 Å².